The highest BCUT2D eigenvalue weighted by Crippen LogP contribution is 2.25. The van der Waals surface area contributed by atoms with Crippen molar-refractivity contribution in [3.63, 3.8) is 0 Å². The average Bonchev–Trinajstić information content (AvgIpc) is 2.72. The molecule has 3 heterocycles. The van der Waals surface area contributed by atoms with Gasteiger partial charge in [-0.05, 0) is 55.7 Å². The first-order chi connectivity index (χ1) is 13.9. The van der Waals surface area contributed by atoms with E-state index in [0.717, 1.165) is 40.7 Å². The van der Waals surface area contributed by atoms with E-state index < -0.39 is 6.29 Å². The molecule has 1 amide bonds. The van der Waals surface area contributed by atoms with Gasteiger partial charge in [-0.15, -0.1) is 0 Å². The van der Waals surface area contributed by atoms with Crippen LogP contribution in [0.5, 0.6) is 0 Å². The van der Waals surface area contributed by atoms with Crippen molar-refractivity contribution < 1.29 is 4.79 Å². The number of aromatic nitrogens is 2. The summed E-state index contributed by atoms with van der Waals surface area (Å²) in [6.45, 7) is 4.60. The summed E-state index contributed by atoms with van der Waals surface area (Å²) in [5, 5.41) is 6.86. The molecule has 1 aliphatic heterocycles. The lowest BCUT2D eigenvalue weighted by molar-refractivity contribution is 0.0930. The Morgan fingerprint density at radius 1 is 1.21 bits per heavy atom. The van der Waals surface area contributed by atoms with Gasteiger partial charge in [-0.3, -0.25) is 24.9 Å². The highest BCUT2D eigenvalue weighted by molar-refractivity contribution is 5.96. The quantitative estimate of drug-likeness (QED) is 0.719. The highest BCUT2D eigenvalue weighted by Gasteiger charge is 2.17. The number of hydrogen-bond acceptors (Lipinski definition) is 5. The first-order valence-corrected chi connectivity index (χ1v) is 9.57. The fraction of sp³-hybridized carbons (Fsp3) is 0.273. The van der Waals surface area contributed by atoms with Gasteiger partial charge in [0.15, 0.2) is 6.29 Å². The lowest BCUT2D eigenvalue weighted by atomic mass is 9.97. The second-order valence-electron chi connectivity index (χ2n) is 7.29. The molecule has 1 aromatic carbocycles. The molecule has 4 rings (SSSR count). The minimum atomic E-state index is -0.427. The van der Waals surface area contributed by atoms with E-state index in [1.807, 2.05) is 32.0 Å². The fourth-order valence-electron chi connectivity index (χ4n) is 3.52. The summed E-state index contributed by atoms with van der Waals surface area (Å²) in [5.74, 6) is -0.238. The Morgan fingerprint density at radius 2 is 2.03 bits per heavy atom. The van der Waals surface area contributed by atoms with Crippen LogP contribution in [0.25, 0.3) is 22.0 Å². The molecule has 3 aromatic rings. The number of carbonyl (C=O) groups is 1. The molecule has 1 unspecified atom stereocenters. The van der Waals surface area contributed by atoms with E-state index in [1.54, 1.807) is 36.2 Å². The maximum atomic E-state index is 13.1. The minimum Gasteiger partial charge on any atom is -0.318 e. The third-order valence-electron chi connectivity index (χ3n) is 5.17. The number of rotatable bonds is 3. The van der Waals surface area contributed by atoms with Crippen molar-refractivity contribution in [1.82, 2.24) is 20.2 Å². The maximum Gasteiger partial charge on any atom is 0.258 e. The van der Waals surface area contributed by atoms with Gasteiger partial charge < -0.3 is 9.88 Å². The Bertz CT molecular complexity index is 1200. The van der Waals surface area contributed by atoms with Gasteiger partial charge in [0.05, 0.1) is 5.52 Å². The molecule has 1 aliphatic rings. The number of pyridine rings is 2. The van der Waals surface area contributed by atoms with Crippen LogP contribution in [0, 0.1) is 13.8 Å². The van der Waals surface area contributed by atoms with Crippen molar-refractivity contribution in [3.8, 4) is 11.1 Å². The number of fused-ring (bicyclic) bond motifs is 1. The van der Waals surface area contributed by atoms with Crippen LogP contribution in [0.3, 0.4) is 0 Å². The van der Waals surface area contributed by atoms with Gasteiger partial charge >= 0.3 is 0 Å². The van der Waals surface area contributed by atoms with Crippen LogP contribution in [0.2, 0.25) is 0 Å². The molecule has 148 valence electrons. The van der Waals surface area contributed by atoms with Crippen LogP contribution < -0.4 is 16.2 Å². The predicted octanol–water partition coefficient (Wildman–Crippen LogP) is 2.29. The summed E-state index contributed by atoms with van der Waals surface area (Å²) in [6.07, 6.45) is 3.99. The molecular formula is C22H23N5O2. The molecule has 0 aliphatic carbocycles. The van der Waals surface area contributed by atoms with Crippen molar-refractivity contribution >= 4 is 23.0 Å². The molecule has 0 radical (unpaired) electrons. The number of aliphatic imine (C=N–C) groups is 1. The van der Waals surface area contributed by atoms with Gasteiger partial charge in [0, 0.05) is 48.2 Å². The zero-order valence-electron chi connectivity index (χ0n) is 16.7. The van der Waals surface area contributed by atoms with Crippen molar-refractivity contribution in [1.29, 1.82) is 0 Å². The number of nitrogens with one attached hydrogen (secondary N) is 2. The highest BCUT2D eigenvalue weighted by atomic mass is 16.2. The zero-order valence-corrected chi connectivity index (χ0v) is 16.7. The third kappa shape index (κ3) is 3.69. The van der Waals surface area contributed by atoms with Crippen molar-refractivity contribution in [2.75, 3.05) is 6.54 Å². The van der Waals surface area contributed by atoms with E-state index in [4.69, 9.17) is 0 Å². The molecule has 0 spiro atoms. The van der Waals surface area contributed by atoms with Crippen molar-refractivity contribution in [3.05, 3.63) is 63.7 Å². The van der Waals surface area contributed by atoms with Crippen LogP contribution in [0.15, 0.2) is 46.3 Å². The first kappa shape index (κ1) is 19.0. The topological polar surface area (TPSA) is 88.4 Å². The second-order valence-corrected chi connectivity index (χ2v) is 7.29. The summed E-state index contributed by atoms with van der Waals surface area (Å²) in [6, 6.07) is 9.13. The normalized spacial score (nSPS) is 16.2. The van der Waals surface area contributed by atoms with Crippen LogP contribution in [0.4, 0.5) is 0 Å². The Kier molecular flexibility index (Phi) is 4.98. The van der Waals surface area contributed by atoms with Gasteiger partial charge in [0.2, 0.25) is 0 Å². The van der Waals surface area contributed by atoms with Gasteiger partial charge in [-0.25, -0.2) is 0 Å². The lowest BCUT2D eigenvalue weighted by Gasteiger charge is -2.19. The predicted molar refractivity (Wildman–Crippen MR) is 114 cm³/mol. The molecule has 1 atom stereocenters. The summed E-state index contributed by atoms with van der Waals surface area (Å²) < 4.78 is 1.63. The Balaban J connectivity index is 1.76. The monoisotopic (exact) mass is 389 g/mol. The molecule has 2 aromatic heterocycles. The standard InChI is InChI=1S/C22H23N5O2/c1-13-5-6-15(20(28)26-22-23-7-4-8-24-22)10-17(13)18-11-16-12-25-14(2)9-19(16)27(3)21(18)29/h5-7,9-12,22,24H,4,8H2,1-3H3,(H,26,28). The third-order valence-corrected chi connectivity index (χ3v) is 5.17. The van der Waals surface area contributed by atoms with E-state index in [-0.39, 0.29) is 11.5 Å². The molecular weight excluding hydrogens is 366 g/mol. The number of carbonyl (C=O) groups excluding carboxylic acids is 1. The molecule has 0 saturated carbocycles. The SMILES string of the molecule is Cc1cc2c(cn1)cc(-c1cc(C(=O)NC3N=CCCN3)ccc1C)c(=O)n2C. The summed E-state index contributed by atoms with van der Waals surface area (Å²) >= 11 is 0. The first-order valence-electron chi connectivity index (χ1n) is 9.57. The number of nitrogens with zero attached hydrogens (tertiary/aromatic N) is 3. The fourth-order valence-corrected chi connectivity index (χ4v) is 3.52. The lowest BCUT2D eigenvalue weighted by Crippen LogP contribution is -2.46. The minimum absolute atomic E-state index is 0.109. The molecule has 7 nitrogen and oxygen atoms in total. The van der Waals surface area contributed by atoms with Gasteiger partial charge in [-0.2, -0.15) is 0 Å². The van der Waals surface area contributed by atoms with Crippen molar-refractivity contribution in [2.45, 2.75) is 26.6 Å². The van der Waals surface area contributed by atoms with E-state index in [2.05, 4.69) is 20.6 Å². The largest absolute Gasteiger partial charge is 0.318 e. The van der Waals surface area contributed by atoms with E-state index >= 15 is 0 Å². The number of amides is 1. The molecule has 2 N–H and O–H groups in total. The van der Waals surface area contributed by atoms with Crippen LogP contribution in [-0.2, 0) is 7.05 Å². The van der Waals surface area contributed by atoms with E-state index in [9.17, 15) is 9.59 Å². The number of hydrogen-bond donors (Lipinski definition) is 2. The van der Waals surface area contributed by atoms with Gasteiger partial charge in [-0.1, -0.05) is 6.07 Å². The molecule has 7 heteroatoms. The van der Waals surface area contributed by atoms with Crippen molar-refractivity contribution in [2.24, 2.45) is 12.0 Å². The van der Waals surface area contributed by atoms with Gasteiger partial charge in [0.1, 0.15) is 0 Å². The van der Waals surface area contributed by atoms with Crippen LogP contribution in [-0.4, -0.2) is 34.5 Å². The van der Waals surface area contributed by atoms with E-state index in [1.165, 1.54) is 0 Å². The molecule has 0 bridgehead atoms. The number of benzene rings is 1. The Labute approximate surface area is 168 Å². The molecule has 29 heavy (non-hydrogen) atoms. The van der Waals surface area contributed by atoms with E-state index in [0.29, 0.717) is 11.1 Å². The Morgan fingerprint density at radius 3 is 2.79 bits per heavy atom. The summed E-state index contributed by atoms with van der Waals surface area (Å²) in [4.78, 5) is 34.3. The number of aryl methyl sites for hydroxylation is 3. The van der Waals surface area contributed by atoms with Gasteiger partial charge in [0.25, 0.3) is 11.5 Å². The zero-order chi connectivity index (χ0) is 20.5. The smallest absolute Gasteiger partial charge is 0.258 e. The van der Waals surface area contributed by atoms with Crippen LogP contribution >= 0.6 is 0 Å². The second kappa shape index (κ2) is 7.60. The maximum absolute atomic E-state index is 13.1. The average molecular weight is 389 g/mol. The summed E-state index contributed by atoms with van der Waals surface area (Å²) in [7, 11) is 1.76. The molecule has 0 fully saturated rings. The Hall–Kier alpha value is -3.32. The van der Waals surface area contributed by atoms with Crippen LogP contribution in [0.1, 0.15) is 28.0 Å². The summed E-state index contributed by atoms with van der Waals surface area (Å²) in [5.41, 5.74) is 4.27. The molecule has 0 saturated heterocycles.